The van der Waals surface area contributed by atoms with Gasteiger partial charge in [0.05, 0.1) is 5.52 Å². The first-order chi connectivity index (χ1) is 10.3. The van der Waals surface area contributed by atoms with Crippen molar-refractivity contribution >= 4 is 10.9 Å². The van der Waals surface area contributed by atoms with Gasteiger partial charge in [-0.1, -0.05) is 49.2 Å². The predicted molar refractivity (Wildman–Crippen MR) is 89.1 cm³/mol. The summed E-state index contributed by atoms with van der Waals surface area (Å²) in [5, 5.41) is 1.13. The van der Waals surface area contributed by atoms with Gasteiger partial charge in [-0.05, 0) is 37.1 Å². The molecule has 21 heavy (non-hydrogen) atoms. The van der Waals surface area contributed by atoms with E-state index in [4.69, 9.17) is 4.98 Å². The third-order valence-corrected chi connectivity index (χ3v) is 3.62. The van der Waals surface area contributed by atoms with Crippen LogP contribution in [0.15, 0.2) is 54.6 Å². The van der Waals surface area contributed by atoms with E-state index >= 15 is 0 Å². The topological polar surface area (TPSA) is 12.9 Å². The molecule has 0 saturated heterocycles. The molecule has 3 rings (SSSR count). The molecule has 0 fully saturated rings. The molecule has 0 unspecified atom stereocenters. The fourth-order valence-electron chi connectivity index (χ4n) is 2.62. The normalized spacial score (nSPS) is 10.2. The summed E-state index contributed by atoms with van der Waals surface area (Å²) >= 11 is 0. The number of aryl methyl sites for hydroxylation is 1. The lowest BCUT2D eigenvalue weighted by molar-refractivity contribution is 1.06. The predicted octanol–water partition coefficient (Wildman–Crippen LogP) is 4.84. The molecule has 0 N–H and O–H groups in total. The Balaban J connectivity index is 2.33. The third-order valence-electron chi connectivity index (χ3n) is 3.62. The van der Waals surface area contributed by atoms with E-state index in [1.165, 1.54) is 11.1 Å². The van der Waals surface area contributed by atoms with E-state index in [0.29, 0.717) is 0 Å². The maximum atomic E-state index is 4.85. The Morgan fingerprint density at radius 3 is 2.52 bits per heavy atom. The van der Waals surface area contributed by atoms with Crippen LogP contribution in [0.25, 0.3) is 22.0 Å². The lowest BCUT2D eigenvalue weighted by Crippen LogP contribution is -1.95. The van der Waals surface area contributed by atoms with E-state index in [1.807, 2.05) is 19.1 Å². The standard InChI is InChI=1S/C20H17N/c1-3-9-15-12-8-13-20-18(15)14-17(19(4-2)21-20)16-10-6-5-7-11-16/h5-8,10-14H,4H2,1-2H3. The summed E-state index contributed by atoms with van der Waals surface area (Å²) in [6.45, 7) is 4.01. The van der Waals surface area contributed by atoms with E-state index < -0.39 is 0 Å². The minimum absolute atomic E-state index is 0.920. The molecule has 3 aromatic rings. The van der Waals surface area contributed by atoms with Gasteiger partial charge in [0.25, 0.3) is 0 Å². The number of pyridine rings is 1. The molecule has 102 valence electrons. The molecule has 1 heterocycles. The SMILES string of the molecule is CC#Cc1cccc2nc(CC)c(-c3ccccc3)cc12. The van der Waals surface area contributed by atoms with E-state index in [0.717, 1.165) is 28.6 Å². The molecule has 0 radical (unpaired) electrons. The molecule has 0 aliphatic carbocycles. The van der Waals surface area contributed by atoms with Crippen molar-refractivity contribution in [2.24, 2.45) is 0 Å². The molecule has 0 saturated carbocycles. The number of rotatable bonds is 2. The van der Waals surface area contributed by atoms with Crippen LogP contribution in [0.2, 0.25) is 0 Å². The molecule has 0 aliphatic heterocycles. The zero-order valence-corrected chi connectivity index (χ0v) is 12.4. The van der Waals surface area contributed by atoms with Crippen molar-refractivity contribution in [2.75, 3.05) is 0 Å². The zero-order chi connectivity index (χ0) is 14.7. The highest BCUT2D eigenvalue weighted by Gasteiger charge is 2.09. The van der Waals surface area contributed by atoms with Crippen LogP contribution >= 0.6 is 0 Å². The molecular weight excluding hydrogens is 254 g/mol. The number of hydrogen-bond donors (Lipinski definition) is 0. The van der Waals surface area contributed by atoms with Crippen LogP contribution in [0.4, 0.5) is 0 Å². The largest absolute Gasteiger partial charge is 0.252 e. The van der Waals surface area contributed by atoms with Crippen molar-refractivity contribution in [1.82, 2.24) is 4.98 Å². The van der Waals surface area contributed by atoms with Crippen LogP contribution in [0.3, 0.4) is 0 Å². The molecule has 0 spiro atoms. The van der Waals surface area contributed by atoms with E-state index in [2.05, 4.69) is 61.2 Å². The number of fused-ring (bicyclic) bond motifs is 1. The summed E-state index contributed by atoms with van der Waals surface area (Å²) in [6, 6.07) is 18.8. The number of aromatic nitrogens is 1. The first-order valence-corrected chi connectivity index (χ1v) is 7.24. The van der Waals surface area contributed by atoms with Gasteiger partial charge in [0, 0.05) is 22.2 Å². The van der Waals surface area contributed by atoms with Crippen LogP contribution in [-0.2, 0) is 6.42 Å². The van der Waals surface area contributed by atoms with Crippen LogP contribution in [-0.4, -0.2) is 4.98 Å². The van der Waals surface area contributed by atoms with Gasteiger partial charge in [0.15, 0.2) is 0 Å². The van der Waals surface area contributed by atoms with Crippen molar-refractivity contribution < 1.29 is 0 Å². The Morgan fingerprint density at radius 1 is 1.00 bits per heavy atom. The lowest BCUT2D eigenvalue weighted by Gasteiger charge is -2.10. The summed E-state index contributed by atoms with van der Waals surface area (Å²) in [5.74, 6) is 6.16. The quantitative estimate of drug-likeness (QED) is 0.608. The molecule has 1 heteroatoms. The second-order valence-corrected chi connectivity index (χ2v) is 4.95. The maximum absolute atomic E-state index is 4.85. The molecule has 0 aliphatic rings. The van der Waals surface area contributed by atoms with Crippen LogP contribution in [0.1, 0.15) is 25.1 Å². The fraction of sp³-hybridized carbons (Fsp3) is 0.150. The zero-order valence-electron chi connectivity index (χ0n) is 12.4. The molecule has 1 nitrogen and oxygen atoms in total. The van der Waals surface area contributed by atoms with Gasteiger partial charge in [-0.25, -0.2) is 0 Å². The van der Waals surface area contributed by atoms with Gasteiger partial charge < -0.3 is 0 Å². The molecule has 1 aromatic heterocycles. The number of hydrogen-bond acceptors (Lipinski definition) is 1. The van der Waals surface area contributed by atoms with Crippen molar-refractivity contribution in [3.05, 3.63) is 65.9 Å². The molecular formula is C20H17N. The average Bonchev–Trinajstić information content (AvgIpc) is 2.55. The second kappa shape index (κ2) is 5.81. The Kier molecular flexibility index (Phi) is 3.71. The summed E-state index contributed by atoms with van der Waals surface area (Å²) in [7, 11) is 0. The van der Waals surface area contributed by atoms with Crippen molar-refractivity contribution in [1.29, 1.82) is 0 Å². The first kappa shape index (κ1) is 13.4. The summed E-state index contributed by atoms with van der Waals surface area (Å²) in [4.78, 5) is 4.85. The summed E-state index contributed by atoms with van der Waals surface area (Å²) in [5.41, 5.74) is 5.61. The fourth-order valence-corrected chi connectivity index (χ4v) is 2.62. The van der Waals surface area contributed by atoms with Crippen molar-refractivity contribution in [3.8, 4) is 23.0 Å². The molecule has 0 bridgehead atoms. The highest BCUT2D eigenvalue weighted by molar-refractivity contribution is 5.89. The summed E-state index contributed by atoms with van der Waals surface area (Å²) < 4.78 is 0. The summed E-state index contributed by atoms with van der Waals surface area (Å²) in [6.07, 6.45) is 0.920. The molecule has 2 aromatic carbocycles. The Bertz CT molecular complexity index is 836. The highest BCUT2D eigenvalue weighted by Crippen LogP contribution is 2.28. The van der Waals surface area contributed by atoms with E-state index in [-0.39, 0.29) is 0 Å². The third kappa shape index (κ3) is 2.53. The first-order valence-electron chi connectivity index (χ1n) is 7.24. The van der Waals surface area contributed by atoms with Gasteiger partial charge in [0.2, 0.25) is 0 Å². The number of benzene rings is 2. The second-order valence-electron chi connectivity index (χ2n) is 4.95. The monoisotopic (exact) mass is 271 g/mol. The van der Waals surface area contributed by atoms with E-state index in [1.54, 1.807) is 0 Å². The van der Waals surface area contributed by atoms with Gasteiger partial charge in [0.1, 0.15) is 0 Å². The molecule has 0 atom stereocenters. The highest BCUT2D eigenvalue weighted by atomic mass is 14.7. The van der Waals surface area contributed by atoms with Gasteiger partial charge in [-0.2, -0.15) is 0 Å². The smallest absolute Gasteiger partial charge is 0.0718 e. The van der Waals surface area contributed by atoms with Crippen LogP contribution in [0.5, 0.6) is 0 Å². The Labute approximate surface area is 125 Å². The van der Waals surface area contributed by atoms with Crippen molar-refractivity contribution in [3.63, 3.8) is 0 Å². The minimum atomic E-state index is 0.920. The molecule has 0 amide bonds. The van der Waals surface area contributed by atoms with Crippen molar-refractivity contribution in [2.45, 2.75) is 20.3 Å². The minimum Gasteiger partial charge on any atom is -0.252 e. The van der Waals surface area contributed by atoms with E-state index in [9.17, 15) is 0 Å². The van der Waals surface area contributed by atoms with Gasteiger partial charge >= 0.3 is 0 Å². The number of nitrogens with zero attached hydrogens (tertiary/aromatic N) is 1. The van der Waals surface area contributed by atoms with Gasteiger partial charge in [-0.3, -0.25) is 4.98 Å². The Morgan fingerprint density at radius 2 is 1.81 bits per heavy atom. The Hall–Kier alpha value is -2.59. The maximum Gasteiger partial charge on any atom is 0.0718 e. The van der Waals surface area contributed by atoms with Gasteiger partial charge in [-0.15, -0.1) is 5.92 Å². The van der Waals surface area contributed by atoms with Crippen LogP contribution < -0.4 is 0 Å². The lowest BCUT2D eigenvalue weighted by atomic mass is 9.98. The van der Waals surface area contributed by atoms with Crippen LogP contribution in [0, 0.1) is 11.8 Å². The average molecular weight is 271 g/mol.